The second kappa shape index (κ2) is 21.6. The molecular formula is C63H90O20. The Morgan fingerprint density at radius 1 is 0.590 bits per heavy atom. The molecule has 0 saturated carbocycles. The smallest absolute Gasteiger partial charge is 0.308 e. The zero-order valence-corrected chi connectivity index (χ0v) is 48.8. The van der Waals surface area contributed by atoms with Gasteiger partial charge in [-0.05, 0) is 73.8 Å². The van der Waals surface area contributed by atoms with Crippen molar-refractivity contribution in [2.75, 3.05) is 13.2 Å². The van der Waals surface area contributed by atoms with Crippen molar-refractivity contribution < 1.29 is 95.9 Å². The maximum absolute atomic E-state index is 14.7. The zero-order chi connectivity index (χ0) is 57.1. The van der Waals surface area contributed by atoms with Crippen LogP contribution in [0.5, 0.6) is 0 Å². The highest BCUT2D eigenvalue weighted by atomic mass is 16.8. The first-order chi connectivity index (χ1) is 39.9. The van der Waals surface area contributed by atoms with Crippen LogP contribution in [-0.4, -0.2) is 204 Å². The summed E-state index contributed by atoms with van der Waals surface area (Å²) in [7, 11) is 0. The molecule has 16 fully saturated rings. The van der Waals surface area contributed by atoms with Crippen LogP contribution in [0, 0.1) is 23.7 Å². The quantitative estimate of drug-likeness (QED) is 0.213. The average Bonchev–Trinajstić information content (AvgIpc) is 1.63. The summed E-state index contributed by atoms with van der Waals surface area (Å²) >= 11 is 0. The standard InChI is InChI=1S/C63H90O20/c1-8-15-68-63-28-60-14-13-38-17-30(3)40(69-38)11-9-36-16-29(2)33(6)42(70-36)20-45-54(76-50(67)19-37-10-12-41-55(71-37)56(81-60)57(82-63)58(73-41)59(63)83-60)34(7)53-46(72-45)22-44-48(75-53)25-62(77-44)26-49-52(80-62)32(5)24-61(79-49)23-31(4)51-47(78-61)21-43(74-51)39(66)18-35(65)27-64/h8,29,31-32,34-49,51-59,64-66H,1,3,6,9-28H2,2,4-5,7H3. The van der Waals surface area contributed by atoms with E-state index in [1.54, 1.807) is 6.08 Å². The third-order valence-corrected chi connectivity index (χ3v) is 22.4. The van der Waals surface area contributed by atoms with Crippen LogP contribution in [0.2, 0.25) is 0 Å². The molecular weight excluding hydrogens is 1080 g/mol. The maximum Gasteiger partial charge on any atom is 0.308 e. The average molecular weight is 1170 g/mol. The molecule has 16 rings (SSSR count). The molecule has 462 valence electrons. The van der Waals surface area contributed by atoms with Gasteiger partial charge in [0.15, 0.2) is 17.4 Å². The van der Waals surface area contributed by atoms with Gasteiger partial charge in [-0.15, -0.1) is 6.58 Å². The van der Waals surface area contributed by atoms with Crippen molar-refractivity contribution in [1.29, 1.82) is 0 Å². The fraction of sp³-hybridized carbons (Fsp3) is 0.889. The van der Waals surface area contributed by atoms with Gasteiger partial charge in [-0.1, -0.05) is 46.9 Å². The minimum Gasteiger partial charge on any atom is -0.459 e. The van der Waals surface area contributed by atoms with E-state index < -0.39 is 103 Å². The summed E-state index contributed by atoms with van der Waals surface area (Å²) in [6, 6.07) is 0. The van der Waals surface area contributed by atoms with Crippen molar-refractivity contribution in [3.8, 4) is 0 Å². The highest BCUT2D eigenvalue weighted by Gasteiger charge is 2.76. The predicted octanol–water partition coefficient (Wildman–Crippen LogP) is 5.46. The largest absolute Gasteiger partial charge is 0.459 e. The second-order valence-electron chi connectivity index (χ2n) is 28.3. The van der Waals surface area contributed by atoms with Gasteiger partial charge < -0.3 is 91.1 Å². The molecule has 16 aliphatic heterocycles. The molecule has 0 aromatic carbocycles. The minimum absolute atomic E-state index is 0.0273. The first-order valence-electron chi connectivity index (χ1n) is 32.0. The normalized spacial score (nSPS) is 55.9. The number of carbonyl (C=O) groups is 1. The molecule has 3 spiro atoms. The number of fused-ring (bicyclic) bond motifs is 10. The molecule has 32 unspecified atom stereocenters. The van der Waals surface area contributed by atoms with E-state index in [2.05, 4.69) is 47.4 Å². The lowest BCUT2D eigenvalue weighted by Gasteiger charge is -2.50. The summed E-state index contributed by atoms with van der Waals surface area (Å²) in [4.78, 5) is 14.7. The Morgan fingerprint density at radius 3 is 2.13 bits per heavy atom. The number of rotatable bonds is 7. The lowest BCUT2D eigenvalue weighted by molar-refractivity contribution is -0.347. The van der Waals surface area contributed by atoms with E-state index in [1.807, 2.05) is 0 Å². The van der Waals surface area contributed by atoms with Gasteiger partial charge in [0.05, 0.1) is 136 Å². The zero-order valence-electron chi connectivity index (χ0n) is 48.8. The van der Waals surface area contributed by atoms with E-state index in [0.717, 1.165) is 36.8 Å². The minimum atomic E-state index is -1.07. The first-order valence-corrected chi connectivity index (χ1v) is 32.0. The third-order valence-electron chi connectivity index (χ3n) is 22.4. The Hall–Kier alpha value is -2.03. The van der Waals surface area contributed by atoms with Crippen LogP contribution >= 0.6 is 0 Å². The Labute approximate surface area is 487 Å². The van der Waals surface area contributed by atoms with Crippen LogP contribution in [0.15, 0.2) is 37.0 Å². The number of hydrogen-bond donors (Lipinski definition) is 3. The highest BCUT2D eigenvalue weighted by molar-refractivity contribution is 5.70. The van der Waals surface area contributed by atoms with E-state index >= 15 is 0 Å². The van der Waals surface area contributed by atoms with Crippen molar-refractivity contribution in [1.82, 2.24) is 0 Å². The monoisotopic (exact) mass is 1170 g/mol. The fourth-order valence-corrected chi connectivity index (χ4v) is 18.6. The van der Waals surface area contributed by atoms with Gasteiger partial charge >= 0.3 is 5.97 Å². The highest BCUT2D eigenvalue weighted by Crippen LogP contribution is 2.60. The summed E-state index contributed by atoms with van der Waals surface area (Å²) in [6.45, 7) is 21.6. The molecule has 0 radical (unpaired) electrons. The Kier molecular flexibility index (Phi) is 14.9. The van der Waals surface area contributed by atoms with E-state index in [4.69, 9.17) is 75.8 Å². The van der Waals surface area contributed by atoms with E-state index in [1.165, 1.54) is 0 Å². The molecule has 16 heterocycles. The van der Waals surface area contributed by atoms with Crippen LogP contribution in [0.1, 0.15) is 143 Å². The summed E-state index contributed by atoms with van der Waals surface area (Å²) in [5.41, 5.74) is 2.11. The molecule has 0 amide bonds. The summed E-state index contributed by atoms with van der Waals surface area (Å²) < 4.78 is 111. The molecule has 20 heteroatoms. The topological polar surface area (TPSA) is 225 Å². The Bertz CT molecular complexity index is 2480. The van der Waals surface area contributed by atoms with Crippen LogP contribution < -0.4 is 0 Å². The number of esters is 1. The van der Waals surface area contributed by atoms with Gasteiger partial charge in [0.25, 0.3) is 0 Å². The number of carbonyl (C=O) groups excluding carboxylic acids is 1. The fourth-order valence-electron chi connectivity index (χ4n) is 18.6. The van der Waals surface area contributed by atoms with Gasteiger partial charge in [0, 0.05) is 63.7 Å². The lowest BCUT2D eigenvalue weighted by Crippen LogP contribution is -2.62. The second-order valence-corrected chi connectivity index (χ2v) is 28.3. The van der Waals surface area contributed by atoms with E-state index in [0.29, 0.717) is 77.0 Å². The molecule has 0 aromatic heterocycles. The van der Waals surface area contributed by atoms with E-state index in [-0.39, 0.29) is 122 Å². The van der Waals surface area contributed by atoms with Crippen LogP contribution in [0.25, 0.3) is 0 Å². The van der Waals surface area contributed by atoms with Crippen molar-refractivity contribution in [3.63, 3.8) is 0 Å². The van der Waals surface area contributed by atoms with Crippen LogP contribution in [0.4, 0.5) is 0 Å². The lowest BCUT2D eigenvalue weighted by atomic mass is 9.79. The molecule has 3 N–H and O–H groups in total. The third kappa shape index (κ3) is 10.0. The molecule has 16 aliphatic rings. The number of hydrogen-bond acceptors (Lipinski definition) is 20. The summed E-state index contributed by atoms with van der Waals surface area (Å²) in [5, 5.41) is 30.4. The maximum atomic E-state index is 14.7. The molecule has 0 aliphatic carbocycles. The summed E-state index contributed by atoms with van der Waals surface area (Å²) in [6.07, 6.45) is 1.85. The molecule has 12 bridgehead atoms. The van der Waals surface area contributed by atoms with Crippen LogP contribution in [-0.2, 0) is 80.6 Å². The van der Waals surface area contributed by atoms with Crippen molar-refractivity contribution >= 4 is 5.97 Å². The number of aliphatic hydroxyl groups excluding tert-OH is 3. The van der Waals surface area contributed by atoms with E-state index in [9.17, 15) is 20.1 Å². The SMILES string of the molecule is C=CCOC12CC34CCC5CC(=C)C(CCC6CC(C)C(=C)C(CC7OC8CC9OC%10(CC9OC8C(C)C7OC(=O)CC7CCC8OC(C(O1)C(O3)C8O7)C2O4)CC1OC2(CC(C)C3OC(C(O)CC(O)CO)CC3O2)CC(C)C1O%10)O6)O5. The van der Waals surface area contributed by atoms with Crippen molar-refractivity contribution in [2.45, 2.75) is 313 Å². The molecule has 20 nitrogen and oxygen atoms in total. The number of aliphatic hydroxyl groups is 3. The van der Waals surface area contributed by atoms with Gasteiger partial charge in [0.2, 0.25) is 5.79 Å². The molecule has 16 saturated heterocycles. The molecule has 83 heavy (non-hydrogen) atoms. The first kappa shape index (κ1) is 57.4. The van der Waals surface area contributed by atoms with Gasteiger partial charge in [0.1, 0.15) is 36.6 Å². The Morgan fingerprint density at radius 2 is 1.30 bits per heavy atom. The summed E-state index contributed by atoms with van der Waals surface area (Å²) in [5.74, 6) is -4.14. The van der Waals surface area contributed by atoms with Gasteiger partial charge in [-0.25, -0.2) is 0 Å². The van der Waals surface area contributed by atoms with Gasteiger partial charge in [-0.2, -0.15) is 0 Å². The van der Waals surface area contributed by atoms with Crippen molar-refractivity contribution in [2.24, 2.45) is 23.7 Å². The molecule has 0 aromatic rings. The van der Waals surface area contributed by atoms with Gasteiger partial charge in [-0.3, -0.25) is 4.79 Å². The van der Waals surface area contributed by atoms with Crippen LogP contribution in [0.3, 0.4) is 0 Å². The molecule has 32 atom stereocenters. The Balaban J connectivity index is 0.660. The predicted molar refractivity (Wildman–Crippen MR) is 289 cm³/mol. The number of ether oxygens (including phenoxy) is 16. The van der Waals surface area contributed by atoms with Crippen molar-refractivity contribution in [3.05, 3.63) is 37.0 Å².